The highest BCUT2D eigenvalue weighted by atomic mass is 16.1. The third-order valence-electron chi connectivity index (χ3n) is 1.85. The lowest BCUT2D eigenvalue weighted by Gasteiger charge is -2.10. The van der Waals surface area contributed by atoms with Crippen molar-refractivity contribution in [2.75, 3.05) is 6.54 Å². The zero-order valence-corrected chi connectivity index (χ0v) is 6.26. The molecule has 0 bridgehead atoms. The van der Waals surface area contributed by atoms with E-state index in [-0.39, 0.29) is 17.9 Å². The summed E-state index contributed by atoms with van der Waals surface area (Å²) < 4.78 is 0. The van der Waals surface area contributed by atoms with Crippen molar-refractivity contribution >= 4 is 5.78 Å². The minimum atomic E-state index is -0.310. The fourth-order valence-corrected chi connectivity index (χ4v) is 1.24. The van der Waals surface area contributed by atoms with Crippen molar-refractivity contribution in [2.45, 2.75) is 31.8 Å². The highest BCUT2D eigenvalue weighted by Crippen LogP contribution is 2.06. The van der Waals surface area contributed by atoms with Crippen LogP contribution in [0.4, 0.5) is 0 Å². The topological polar surface area (TPSA) is 55.1 Å². The number of Topliss-reactive ketones (excluding diaryl/α,β-unsaturated/α-hetero) is 1. The standard InChI is InChI=1S/C7H14N2O/c1-5(8)7(10)6-3-2-4-9-6/h5-6,9H,2-4,8H2,1H3/t5-,6?/m0/s1. The lowest BCUT2D eigenvalue weighted by Crippen LogP contribution is -2.41. The molecule has 0 aromatic carbocycles. The Bertz CT molecular complexity index is 128. The summed E-state index contributed by atoms with van der Waals surface area (Å²) >= 11 is 0. The van der Waals surface area contributed by atoms with E-state index in [2.05, 4.69) is 5.32 Å². The van der Waals surface area contributed by atoms with Gasteiger partial charge in [-0.25, -0.2) is 0 Å². The molecule has 3 heteroatoms. The molecule has 0 saturated carbocycles. The molecule has 0 radical (unpaired) electrons. The average Bonchev–Trinajstić information content (AvgIpc) is 2.36. The van der Waals surface area contributed by atoms with Crippen LogP contribution in [0.5, 0.6) is 0 Å². The van der Waals surface area contributed by atoms with E-state index in [0.717, 1.165) is 19.4 Å². The molecule has 0 aromatic heterocycles. The maximum absolute atomic E-state index is 11.2. The number of hydrogen-bond acceptors (Lipinski definition) is 3. The molecule has 2 atom stereocenters. The number of rotatable bonds is 2. The molecule has 0 spiro atoms. The summed E-state index contributed by atoms with van der Waals surface area (Å²) in [5.41, 5.74) is 5.43. The Kier molecular flexibility index (Phi) is 2.40. The predicted molar refractivity (Wildman–Crippen MR) is 39.7 cm³/mol. The molecule has 58 valence electrons. The van der Waals surface area contributed by atoms with Gasteiger partial charge in [-0.2, -0.15) is 0 Å². The first-order valence-electron chi connectivity index (χ1n) is 3.74. The Hall–Kier alpha value is -0.410. The fourth-order valence-electron chi connectivity index (χ4n) is 1.24. The largest absolute Gasteiger partial charge is 0.322 e. The molecule has 3 N–H and O–H groups in total. The van der Waals surface area contributed by atoms with Gasteiger partial charge in [-0.05, 0) is 26.3 Å². The van der Waals surface area contributed by atoms with Gasteiger partial charge in [0, 0.05) is 0 Å². The highest BCUT2D eigenvalue weighted by Gasteiger charge is 2.23. The van der Waals surface area contributed by atoms with E-state index in [1.54, 1.807) is 6.92 Å². The van der Waals surface area contributed by atoms with E-state index in [9.17, 15) is 4.79 Å². The second-order valence-corrected chi connectivity index (χ2v) is 2.84. The Morgan fingerprint density at radius 1 is 1.80 bits per heavy atom. The number of nitrogens with one attached hydrogen (secondary N) is 1. The molecule has 1 fully saturated rings. The Labute approximate surface area is 61.0 Å². The molecule has 1 unspecified atom stereocenters. The van der Waals surface area contributed by atoms with E-state index in [1.807, 2.05) is 0 Å². The molecule has 10 heavy (non-hydrogen) atoms. The van der Waals surface area contributed by atoms with E-state index < -0.39 is 0 Å². The second-order valence-electron chi connectivity index (χ2n) is 2.84. The van der Waals surface area contributed by atoms with Crippen LogP contribution < -0.4 is 11.1 Å². The van der Waals surface area contributed by atoms with Crippen LogP contribution in [0.15, 0.2) is 0 Å². The minimum absolute atomic E-state index is 0.0417. The second kappa shape index (κ2) is 3.12. The molecule has 1 heterocycles. The smallest absolute Gasteiger partial charge is 0.166 e. The number of nitrogens with two attached hydrogens (primary N) is 1. The van der Waals surface area contributed by atoms with Gasteiger partial charge in [0.2, 0.25) is 0 Å². The normalized spacial score (nSPS) is 28.4. The minimum Gasteiger partial charge on any atom is -0.322 e. The zero-order valence-electron chi connectivity index (χ0n) is 6.26. The summed E-state index contributed by atoms with van der Waals surface area (Å²) in [5, 5.41) is 3.11. The van der Waals surface area contributed by atoms with Crippen LogP contribution in [-0.2, 0) is 4.79 Å². The molecule has 1 saturated heterocycles. The average molecular weight is 142 g/mol. The van der Waals surface area contributed by atoms with Crippen LogP contribution in [0.1, 0.15) is 19.8 Å². The molecule has 1 aliphatic heterocycles. The summed E-state index contributed by atoms with van der Waals surface area (Å²) in [7, 11) is 0. The molecule has 0 amide bonds. The first-order valence-corrected chi connectivity index (χ1v) is 3.74. The maximum atomic E-state index is 11.2. The number of ketones is 1. The number of hydrogen-bond donors (Lipinski definition) is 2. The van der Waals surface area contributed by atoms with Crippen molar-refractivity contribution < 1.29 is 4.79 Å². The predicted octanol–water partition coefficient (Wildman–Crippen LogP) is -0.345. The SMILES string of the molecule is C[C@H](N)C(=O)C1CCCN1. The van der Waals surface area contributed by atoms with Crippen LogP contribution in [0.2, 0.25) is 0 Å². The van der Waals surface area contributed by atoms with Crippen molar-refractivity contribution in [3.63, 3.8) is 0 Å². The molecule has 0 aliphatic carbocycles. The Balaban J connectivity index is 2.40. The summed E-state index contributed by atoms with van der Waals surface area (Å²) in [6.07, 6.45) is 2.06. The van der Waals surface area contributed by atoms with Gasteiger partial charge >= 0.3 is 0 Å². The van der Waals surface area contributed by atoms with Crippen LogP contribution in [0, 0.1) is 0 Å². The van der Waals surface area contributed by atoms with Crippen LogP contribution >= 0.6 is 0 Å². The van der Waals surface area contributed by atoms with Crippen molar-refractivity contribution in [3.8, 4) is 0 Å². The lowest BCUT2D eigenvalue weighted by atomic mass is 10.1. The van der Waals surface area contributed by atoms with Gasteiger partial charge in [-0.15, -0.1) is 0 Å². The lowest BCUT2D eigenvalue weighted by molar-refractivity contribution is -0.121. The fraction of sp³-hybridized carbons (Fsp3) is 0.857. The Morgan fingerprint density at radius 3 is 2.90 bits per heavy atom. The van der Waals surface area contributed by atoms with Crippen molar-refractivity contribution in [2.24, 2.45) is 5.73 Å². The summed E-state index contributed by atoms with van der Waals surface area (Å²) in [4.78, 5) is 11.2. The summed E-state index contributed by atoms with van der Waals surface area (Å²) in [6.45, 7) is 2.70. The van der Waals surface area contributed by atoms with Gasteiger partial charge in [-0.1, -0.05) is 0 Å². The third-order valence-corrected chi connectivity index (χ3v) is 1.85. The van der Waals surface area contributed by atoms with Gasteiger partial charge in [0.15, 0.2) is 5.78 Å². The molecule has 3 nitrogen and oxygen atoms in total. The molecule has 1 aliphatic rings. The summed E-state index contributed by atoms with van der Waals surface area (Å²) in [6, 6.07) is -0.268. The van der Waals surface area contributed by atoms with E-state index >= 15 is 0 Å². The van der Waals surface area contributed by atoms with Gasteiger partial charge < -0.3 is 11.1 Å². The van der Waals surface area contributed by atoms with Crippen molar-refractivity contribution in [1.82, 2.24) is 5.32 Å². The summed E-state index contributed by atoms with van der Waals surface area (Å²) in [5.74, 6) is 0.150. The first kappa shape index (κ1) is 7.69. The van der Waals surface area contributed by atoms with Gasteiger partial charge in [0.05, 0.1) is 12.1 Å². The zero-order chi connectivity index (χ0) is 7.56. The first-order chi connectivity index (χ1) is 4.72. The van der Waals surface area contributed by atoms with E-state index in [4.69, 9.17) is 5.73 Å². The maximum Gasteiger partial charge on any atom is 0.166 e. The molecule has 0 aromatic rings. The van der Waals surface area contributed by atoms with Crippen molar-refractivity contribution in [1.29, 1.82) is 0 Å². The monoisotopic (exact) mass is 142 g/mol. The van der Waals surface area contributed by atoms with E-state index in [0.29, 0.717) is 0 Å². The van der Waals surface area contributed by atoms with Gasteiger partial charge in [0.25, 0.3) is 0 Å². The molecular weight excluding hydrogens is 128 g/mol. The molecular formula is C7H14N2O. The van der Waals surface area contributed by atoms with Gasteiger partial charge in [0.1, 0.15) is 0 Å². The van der Waals surface area contributed by atoms with Crippen LogP contribution in [-0.4, -0.2) is 24.4 Å². The van der Waals surface area contributed by atoms with Crippen molar-refractivity contribution in [3.05, 3.63) is 0 Å². The van der Waals surface area contributed by atoms with Crippen LogP contribution in [0.3, 0.4) is 0 Å². The Morgan fingerprint density at radius 2 is 2.50 bits per heavy atom. The third kappa shape index (κ3) is 1.55. The number of carbonyl (C=O) groups excluding carboxylic acids is 1. The quantitative estimate of drug-likeness (QED) is 0.554. The number of carbonyl (C=O) groups is 1. The van der Waals surface area contributed by atoms with E-state index in [1.165, 1.54) is 0 Å². The van der Waals surface area contributed by atoms with Gasteiger partial charge in [-0.3, -0.25) is 4.79 Å². The van der Waals surface area contributed by atoms with Crippen LogP contribution in [0.25, 0.3) is 0 Å². The highest BCUT2D eigenvalue weighted by molar-refractivity contribution is 5.88. The molecule has 1 rings (SSSR count).